The molecule has 8 nitrogen and oxygen atoms in total. The smallest absolute Gasteiger partial charge is 0.306 e. The topological polar surface area (TPSA) is 102 Å². The van der Waals surface area contributed by atoms with Crippen molar-refractivity contribution in [3.05, 3.63) is 0 Å². The van der Waals surface area contributed by atoms with E-state index < -0.39 is 18.1 Å². The van der Waals surface area contributed by atoms with Crippen LogP contribution in [0.4, 0.5) is 0 Å². The number of carboxylic acid groups (broad SMARTS) is 1. The Kier molecular flexibility index (Phi) is 29.5. The molecule has 2 unspecified atom stereocenters. The van der Waals surface area contributed by atoms with E-state index in [-0.39, 0.29) is 42.7 Å². The maximum absolute atomic E-state index is 12.6. The molecule has 0 rings (SSSR count). The van der Waals surface area contributed by atoms with E-state index >= 15 is 0 Å². The Balaban J connectivity index is 4.39. The highest BCUT2D eigenvalue weighted by Crippen LogP contribution is 2.15. The predicted octanol–water partition coefficient (Wildman–Crippen LogP) is 8.08. The molecule has 46 heavy (non-hydrogen) atoms. The summed E-state index contributed by atoms with van der Waals surface area (Å²) in [5.41, 5.74) is 0. The fourth-order valence-corrected chi connectivity index (χ4v) is 5.72. The van der Waals surface area contributed by atoms with Gasteiger partial charge < -0.3 is 28.6 Å². The van der Waals surface area contributed by atoms with Gasteiger partial charge in [0.25, 0.3) is 0 Å². The zero-order valence-electron chi connectivity index (χ0n) is 30.8. The highest BCUT2D eigenvalue weighted by molar-refractivity contribution is 5.70. The lowest BCUT2D eigenvalue weighted by Gasteiger charge is -2.34. The van der Waals surface area contributed by atoms with Gasteiger partial charge in [-0.05, 0) is 12.8 Å². The Labute approximate surface area is 283 Å². The monoisotopic (exact) mass is 656 g/mol. The molecule has 2 atom stereocenters. The second-order valence-electron chi connectivity index (χ2n) is 14.2. The summed E-state index contributed by atoms with van der Waals surface area (Å²) in [6.07, 6.45) is 26.9. The third-order valence-electron chi connectivity index (χ3n) is 8.74. The minimum Gasteiger partial charge on any atom is -0.544 e. The normalized spacial score (nSPS) is 13.0. The standard InChI is InChI=1S/C38H73NO7/c1-6-8-10-12-14-16-17-18-19-21-23-25-27-29-37(41)46-34(32-44-31-30-35(38(42)43)39(3,4)5)33-45-36(40)28-26-24-22-20-15-13-11-9-7-2/h34-35H,6-33H2,1-5H3. The van der Waals surface area contributed by atoms with E-state index in [4.69, 9.17) is 14.2 Å². The van der Waals surface area contributed by atoms with Crippen LogP contribution >= 0.6 is 0 Å². The minimum atomic E-state index is -1.12. The van der Waals surface area contributed by atoms with Gasteiger partial charge in [0.05, 0.1) is 40.3 Å². The molecule has 0 amide bonds. The lowest BCUT2D eigenvalue weighted by molar-refractivity contribution is -0.889. The summed E-state index contributed by atoms with van der Waals surface area (Å²) in [6.45, 7) is 4.64. The number of esters is 2. The molecule has 0 aliphatic rings. The first-order chi connectivity index (χ1) is 22.1. The Hall–Kier alpha value is -1.67. The van der Waals surface area contributed by atoms with Gasteiger partial charge in [-0.25, -0.2) is 0 Å². The van der Waals surface area contributed by atoms with Gasteiger partial charge in [0.1, 0.15) is 12.6 Å². The summed E-state index contributed by atoms with van der Waals surface area (Å²) < 4.78 is 17.1. The Morgan fingerprint density at radius 3 is 1.35 bits per heavy atom. The summed E-state index contributed by atoms with van der Waals surface area (Å²) in [6, 6.07) is -0.717. The molecule has 0 aliphatic heterocycles. The van der Waals surface area contributed by atoms with E-state index in [2.05, 4.69) is 13.8 Å². The molecule has 0 saturated heterocycles. The maximum Gasteiger partial charge on any atom is 0.306 e. The van der Waals surface area contributed by atoms with Crippen molar-refractivity contribution in [2.75, 3.05) is 41.0 Å². The van der Waals surface area contributed by atoms with Crippen molar-refractivity contribution < 1.29 is 38.2 Å². The van der Waals surface area contributed by atoms with Crippen LogP contribution in [0, 0.1) is 0 Å². The number of aliphatic carboxylic acids is 1. The number of nitrogens with zero attached hydrogens (tertiary/aromatic N) is 1. The molecule has 0 radical (unpaired) electrons. The number of ether oxygens (including phenoxy) is 3. The largest absolute Gasteiger partial charge is 0.544 e. The van der Waals surface area contributed by atoms with Gasteiger partial charge in [0.2, 0.25) is 0 Å². The molecule has 0 bridgehead atoms. The zero-order chi connectivity index (χ0) is 34.3. The highest BCUT2D eigenvalue weighted by atomic mass is 16.6. The van der Waals surface area contributed by atoms with E-state index in [1.165, 1.54) is 103 Å². The maximum atomic E-state index is 12.6. The van der Waals surface area contributed by atoms with E-state index in [0.717, 1.165) is 38.5 Å². The molecular weight excluding hydrogens is 582 g/mol. The molecule has 0 aliphatic carbocycles. The average Bonchev–Trinajstić information content (AvgIpc) is 3.00. The van der Waals surface area contributed by atoms with Gasteiger partial charge >= 0.3 is 11.9 Å². The van der Waals surface area contributed by atoms with Crippen LogP contribution in [0.25, 0.3) is 0 Å². The van der Waals surface area contributed by atoms with Crippen molar-refractivity contribution in [2.24, 2.45) is 0 Å². The molecule has 272 valence electrons. The minimum absolute atomic E-state index is 0.0482. The van der Waals surface area contributed by atoms with Crippen LogP contribution in [-0.4, -0.2) is 75.5 Å². The lowest BCUT2D eigenvalue weighted by Crippen LogP contribution is -2.55. The van der Waals surface area contributed by atoms with E-state index in [1.54, 1.807) is 21.1 Å². The lowest BCUT2D eigenvalue weighted by atomic mass is 10.0. The van der Waals surface area contributed by atoms with Crippen molar-refractivity contribution in [2.45, 2.75) is 187 Å². The van der Waals surface area contributed by atoms with Crippen LogP contribution in [0.5, 0.6) is 0 Å². The van der Waals surface area contributed by atoms with Gasteiger partial charge in [0, 0.05) is 19.3 Å². The third-order valence-corrected chi connectivity index (χ3v) is 8.74. The fourth-order valence-electron chi connectivity index (χ4n) is 5.72. The molecule has 0 aromatic carbocycles. The van der Waals surface area contributed by atoms with Crippen LogP contribution in [0.3, 0.4) is 0 Å². The molecule has 0 heterocycles. The van der Waals surface area contributed by atoms with Crippen molar-refractivity contribution in [3.8, 4) is 0 Å². The number of likely N-dealkylation sites (N-methyl/N-ethyl adjacent to an activating group) is 1. The molecule has 0 saturated carbocycles. The molecule has 0 N–H and O–H groups in total. The zero-order valence-corrected chi connectivity index (χ0v) is 30.8. The number of carbonyl (C=O) groups is 3. The molecule has 8 heteroatoms. The summed E-state index contributed by atoms with van der Waals surface area (Å²) in [5, 5.41) is 11.6. The van der Waals surface area contributed by atoms with E-state index in [1.807, 2.05) is 0 Å². The number of carboxylic acids is 1. The molecule has 0 spiro atoms. The summed E-state index contributed by atoms with van der Waals surface area (Å²) >= 11 is 0. The van der Waals surface area contributed by atoms with Gasteiger partial charge in [-0.15, -0.1) is 0 Å². The van der Waals surface area contributed by atoms with Gasteiger partial charge in [-0.1, -0.05) is 142 Å². The van der Waals surface area contributed by atoms with Crippen molar-refractivity contribution in [1.82, 2.24) is 0 Å². The quantitative estimate of drug-likeness (QED) is 0.0392. The number of carbonyl (C=O) groups excluding carboxylic acids is 3. The average molecular weight is 656 g/mol. The third kappa shape index (κ3) is 28.5. The van der Waals surface area contributed by atoms with Gasteiger partial charge in [-0.3, -0.25) is 9.59 Å². The summed E-state index contributed by atoms with van der Waals surface area (Å²) in [5.74, 6) is -1.73. The van der Waals surface area contributed by atoms with Gasteiger partial charge in [-0.2, -0.15) is 0 Å². The molecule has 0 aromatic heterocycles. The van der Waals surface area contributed by atoms with Gasteiger partial charge in [0.15, 0.2) is 6.10 Å². The number of hydrogen-bond acceptors (Lipinski definition) is 7. The first-order valence-electron chi connectivity index (χ1n) is 19.1. The van der Waals surface area contributed by atoms with Crippen molar-refractivity contribution >= 4 is 17.9 Å². The predicted molar refractivity (Wildman–Crippen MR) is 185 cm³/mol. The first kappa shape index (κ1) is 44.3. The SMILES string of the molecule is CCCCCCCCCCCCCCCC(=O)OC(COCCC(C(=O)[O-])[N+](C)(C)C)COC(=O)CCCCCCCCCCC. The first-order valence-corrected chi connectivity index (χ1v) is 19.1. The number of rotatable bonds is 34. The van der Waals surface area contributed by atoms with Crippen molar-refractivity contribution in [3.63, 3.8) is 0 Å². The Morgan fingerprint density at radius 2 is 0.957 bits per heavy atom. The molecule has 0 aromatic rings. The second-order valence-corrected chi connectivity index (χ2v) is 14.2. The second kappa shape index (κ2) is 30.7. The number of hydrogen-bond donors (Lipinski definition) is 0. The molecule has 0 fully saturated rings. The van der Waals surface area contributed by atoms with Crippen molar-refractivity contribution in [1.29, 1.82) is 0 Å². The van der Waals surface area contributed by atoms with Crippen LogP contribution in [0.15, 0.2) is 0 Å². The van der Waals surface area contributed by atoms with E-state index in [0.29, 0.717) is 12.8 Å². The van der Waals surface area contributed by atoms with E-state index in [9.17, 15) is 19.5 Å². The summed E-state index contributed by atoms with van der Waals surface area (Å²) in [7, 11) is 5.40. The Bertz CT molecular complexity index is 737. The number of quaternary nitrogens is 1. The van der Waals surface area contributed by atoms with Crippen LogP contribution in [0.2, 0.25) is 0 Å². The van der Waals surface area contributed by atoms with Crippen LogP contribution < -0.4 is 5.11 Å². The molecular formula is C38H73NO7. The number of unbranched alkanes of at least 4 members (excludes halogenated alkanes) is 20. The fraction of sp³-hybridized carbons (Fsp3) is 0.921. The highest BCUT2D eigenvalue weighted by Gasteiger charge is 2.25. The van der Waals surface area contributed by atoms with Crippen LogP contribution in [-0.2, 0) is 28.6 Å². The Morgan fingerprint density at radius 1 is 0.565 bits per heavy atom. The summed E-state index contributed by atoms with van der Waals surface area (Å²) in [4.78, 5) is 36.5. The van der Waals surface area contributed by atoms with Crippen LogP contribution in [0.1, 0.15) is 174 Å².